The highest BCUT2D eigenvalue weighted by Crippen LogP contribution is 2.19. The summed E-state index contributed by atoms with van der Waals surface area (Å²) in [5, 5.41) is 2.63. The van der Waals surface area contributed by atoms with Gasteiger partial charge in [0.15, 0.2) is 0 Å². The molecular weight excluding hydrogens is 387 g/mol. The number of hydrogen-bond donors (Lipinski definition) is 1. The van der Waals surface area contributed by atoms with E-state index >= 15 is 0 Å². The monoisotopic (exact) mass is 400 g/mol. The molecule has 1 fully saturated rings. The smallest absolute Gasteiger partial charge is 0.260 e. The summed E-state index contributed by atoms with van der Waals surface area (Å²) in [6, 6.07) is 6.77. The van der Waals surface area contributed by atoms with Crippen LogP contribution in [0, 0.1) is 0 Å². The number of nitrogens with one attached hydrogen (secondary N) is 1. The van der Waals surface area contributed by atoms with Gasteiger partial charge in [-0.05, 0) is 35.9 Å². The minimum atomic E-state index is -1.25. The average Bonchev–Trinajstić information content (AvgIpc) is 2.62. The second-order valence-corrected chi connectivity index (χ2v) is 7.29. The minimum Gasteiger partial charge on any atom is -0.379 e. The molecule has 1 aromatic heterocycles. The van der Waals surface area contributed by atoms with Gasteiger partial charge < -0.3 is 10.1 Å². The average molecular weight is 401 g/mol. The zero-order valence-electron chi connectivity index (χ0n) is 12.9. The van der Waals surface area contributed by atoms with Gasteiger partial charge in [-0.1, -0.05) is 11.6 Å². The first-order valence-electron chi connectivity index (χ1n) is 7.38. The van der Waals surface area contributed by atoms with Crippen molar-refractivity contribution in [2.75, 3.05) is 31.6 Å². The van der Waals surface area contributed by atoms with Gasteiger partial charge in [0, 0.05) is 25.0 Å². The molecule has 1 aromatic carbocycles. The first-order valence-corrected chi connectivity index (χ1v) is 9.25. The van der Waals surface area contributed by atoms with Crippen LogP contribution in [0.5, 0.6) is 0 Å². The Morgan fingerprint density at radius 1 is 1.20 bits per heavy atom. The predicted octanol–water partition coefficient (Wildman–Crippen LogP) is 2.39. The van der Waals surface area contributed by atoms with Crippen LogP contribution in [0.3, 0.4) is 0 Å². The standard InChI is InChI=1S/C15H14Cl2N4O3S/c16-13-12(9-18-15(17)20-13)14(22)19-10-1-3-11(4-2-10)25(23)21-5-7-24-8-6-21/h1-4,9H,5-8H2,(H,19,22). The van der Waals surface area contributed by atoms with Crippen LogP contribution in [-0.4, -0.2) is 50.7 Å². The van der Waals surface area contributed by atoms with Gasteiger partial charge in [0.2, 0.25) is 5.28 Å². The van der Waals surface area contributed by atoms with E-state index in [1.807, 2.05) is 4.31 Å². The van der Waals surface area contributed by atoms with Crippen molar-refractivity contribution >= 4 is 45.8 Å². The topological polar surface area (TPSA) is 84.4 Å². The van der Waals surface area contributed by atoms with E-state index in [0.29, 0.717) is 36.9 Å². The molecule has 1 unspecified atom stereocenters. The number of nitrogens with zero attached hydrogens (tertiary/aromatic N) is 3. The van der Waals surface area contributed by atoms with Crippen LogP contribution in [-0.2, 0) is 15.7 Å². The normalized spacial score (nSPS) is 16.4. The number of carbonyl (C=O) groups excluding carboxylic acids is 1. The summed E-state index contributed by atoms with van der Waals surface area (Å²) in [5.41, 5.74) is 0.658. The van der Waals surface area contributed by atoms with Gasteiger partial charge in [0.25, 0.3) is 5.91 Å². The summed E-state index contributed by atoms with van der Waals surface area (Å²) in [6.45, 7) is 2.40. The number of rotatable bonds is 4. The minimum absolute atomic E-state index is 0.0254. The Bertz CT molecular complexity index is 798. The molecule has 25 heavy (non-hydrogen) atoms. The third-order valence-electron chi connectivity index (χ3n) is 3.48. The maximum absolute atomic E-state index is 12.5. The number of benzene rings is 1. The molecular formula is C15H14Cl2N4O3S. The van der Waals surface area contributed by atoms with E-state index in [9.17, 15) is 9.00 Å². The van der Waals surface area contributed by atoms with Crippen molar-refractivity contribution in [1.82, 2.24) is 14.3 Å². The maximum Gasteiger partial charge on any atom is 0.260 e. The number of amides is 1. The summed E-state index contributed by atoms with van der Waals surface area (Å²) in [7, 11) is -1.25. The summed E-state index contributed by atoms with van der Waals surface area (Å²) in [4.78, 5) is 20.3. The van der Waals surface area contributed by atoms with Crippen molar-refractivity contribution in [3.8, 4) is 0 Å². The second-order valence-electron chi connectivity index (χ2n) is 5.11. The molecule has 0 bridgehead atoms. The quantitative estimate of drug-likeness (QED) is 0.628. The molecule has 0 spiro atoms. The molecule has 2 heterocycles. The Kier molecular flexibility index (Phi) is 5.98. The summed E-state index contributed by atoms with van der Waals surface area (Å²) in [6.07, 6.45) is 1.26. The molecule has 1 atom stereocenters. The molecule has 1 aliphatic rings. The van der Waals surface area contributed by atoms with Gasteiger partial charge in [-0.15, -0.1) is 0 Å². The summed E-state index contributed by atoms with van der Waals surface area (Å²) in [5.74, 6) is -0.455. The highest BCUT2D eigenvalue weighted by molar-refractivity contribution is 7.82. The molecule has 132 valence electrons. The molecule has 1 amide bonds. The van der Waals surface area contributed by atoms with E-state index in [0.717, 1.165) is 0 Å². The van der Waals surface area contributed by atoms with Gasteiger partial charge in [-0.2, -0.15) is 0 Å². The molecule has 1 N–H and O–H groups in total. The summed E-state index contributed by atoms with van der Waals surface area (Å²) >= 11 is 11.5. The first-order chi connectivity index (χ1) is 12.0. The van der Waals surface area contributed by atoms with Crippen molar-refractivity contribution in [3.63, 3.8) is 0 Å². The van der Waals surface area contributed by atoms with Gasteiger partial charge in [-0.3, -0.25) is 4.79 Å². The van der Waals surface area contributed by atoms with E-state index in [4.69, 9.17) is 27.9 Å². The third kappa shape index (κ3) is 4.53. The maximum atomic E-state index is 12.5. The number of carbonyl (C=O) groups is 1. The van der Waals surface area contributed by atoms with Gasteiger partial charge in [-0.25, -0.2) is 18.5 Å². The van der Waals surface area contributed by atoms with Crippen molar-refractivity contribution < 1.29 is 13.7 Å². The molecule has 1 aliphatic heterocycles. The van der Waals surface area contributed by atoms with Crippen LogP contribution in [0.1, 0.15) is 10.4 Å². The van der Waals surface area contributed by atoms with Crippen LogP contribution in [0.2, 0.25) is 10.4 Å². The molecule has 7 nitrogen and oxygen atoms in total. The molecule has 2 aromatic rings. The lowest BCUT2D eigenvalue weighted by Crippen LogP contribution is -2.37. The Morgan fingerprint density at radius 3 is 2.52 bits per heavy atom. The van der Waals surface area contributed by atoms with Gasteiger partial charge in [0.05, 0.1) is 23.7 Å². The summed E-state index contributed by atoms with van der Waals surface area (Å²) < 4.78 is 19.6. The first kappa shape index (κ1) is 18.2. The SMILES string of the molecule is O=C(Nc1ccc(S(=O)N2CCOCC2)cc1)c1cnc(Cl)nc1Cl. The van der Waals surface area contributed by atoms with Crippen LogP contribution in [0.4, 0.5) is 5.69 Å². The fourth-order valence-electron chi connectivity index (χ4n) is 2.21. The predicted molar refractivity (Wildman–Crippen MR) is 95.2 cm³/mol. The van der Waals surface area contributed by atoms with Crippen molar-refractivity contribution in [3.05, 3.63) is 46.5 Å². The van der Waals surface area contributed by atoms with E-state index in [2.05, 4.69) is 15.3 Å². The number of morpholine rings is 1. The highest BCUT2D eigenvalue weighted by Gasteiger charge is 2.18. The van der Waals surface area contributed by atoms with Crippen LogP contribution in [0.25, 0.3) is 0 Å². The fourth-order valence-corrected chi connectivity index (χ4v) is 3.75. The van der Waals surface area contributed by atoms with E-state index in [1.165, 1.54) is 6.20 Å². The lowest BCUT2D eigenvalue weighted by atomic mass is 10.3. The Morgan fingerprint density at radius 2 is 1.88 bits per heavy atom. The van der Waals surface area contributed by atoms with E-state index in [-0.39, 0.29) is 16.0 Å². The molecule has 0 saturated carbocycles. The Labute approximate surface area is 156 Å². The van der Waals surface area contributed by atoms with Gasteiger partial charge >= 0.3 is 0 Å². The van der Waals surface area contributed by atoms with Crippen LogP contribution < -0.4 is 5.32 Å². The lowest BCUT2D eigenvalue weighted by molar-refractivity contribution is 0.0752. The largest absolute Gasteiger partial charge is 0.379 e. The van der Waals surface area contributed by atoms with E-state index < -0.39 is 16.9 Å². The lowest BCUT2D eigenvalue weighted by Gasteiger charge is -2.25. The number of aromatic nitrogens is 2. The third-order valence-corrected chi connectivity index (χ3v) is 5.46. The van der Waals surface area contributed by atoms with Crippen molar-refractivity contribution in [2.24, 2.45) is 0 Å². The Balaban J connectivity index is 1.67. The highest BCUT2D eigenvalue weighted by atomic mass is 35.5. The second kappa shape index (κ2) is 8.20. The zero-order chi connectivity index (χ0) is 17.8. The molecule has 10 heteroatoms. The molecule has 0 aliphatic carbocycles. The number of hydrogen-bond acceptors (Lipinski definition) is 5. The van der Waals surface area contributed by atoms with E-state index in [1.54, 1.807) is 24.3 Å². The number of ether oxygens (including phenoxy) is 1. The van der Waals surface area contributed by atoms with Gasteiger partial charge in [0.1, 0.15) is 16.1 Å². The molecule has 0 radical (unpaired) electrons. The molecule has 3 rings (SSSR count). The Hall–Kier alpha value is -1.58. The zero-order valence-corrected chi connectivity index (χ0v) is 15.3. The number of anilines is 1. The van der Waals surface area contributed by atoms with Crippen molar-refractivity contribution in [1.29, 1.82) is 0 Å². The van der Waals surface area contributed by atoms with Crippen LogP contribution in [0.15, 0.2) is 35.4 Å². The van der Waals surface area contributed by atoms with Crippen molar-refractivity contribution in [2.45, 2.75) is 4.90 Å². The molecule has 1 saturated heterocycles. The number of halogens is 2. The van der Waals surface area contributed by atoms with Crippen LogP contribution >= 0.6 is 23.2 Å². The fraction of sp³-hybridized carbons (Fsp3) is 0.267.